The number of ether oxygens (including phenoxy) is 2. The van der Waals surface area contributed by atoms with Crippen molar-refractivity contribution < 1.29 is 19.1 Å². The summed E-state index contributed by atoms with van der Waals surface area (Å²) in [5.41, 5.74) is 1.94. The number of fused-ring (bicyclic) bond motifs is 1. The highest BCUT2D eigenvalue weighted by atomic mass is 16.6. The van der Waals surface area contributed by atoms with Gasteiger partial charge in [-0.3, -0.25) is 14.3 Å². The predicted molar refractivity (Wildman–Crippen MR) is 96.0 cm³/mol. The first-order valence-electron chi connectivity index (χ1n) is 9.39. The van der Waals surface area contributed by atoms with Gasteiger partial charge in [0.1, 0.15) is 12.1 Å². The fraction of sp³-hybridized carbons (Fsp3) is 0.737. The largest absolute Gasteiger partial charge is 0.459 e. The molecule has 1 aliphatic carbocycles. The molecule has 0 radical (unpaired) electrons. The molecule has 0 aromatic carbocycles. The lowest BCUT2D eigenvalue weighted by molar-refractivity contribution is -0.155. The second-order valence-corrected chi connectivity index (χ2v) is 8.34. The number of esters is 1. The van der Waals surface area contributed by atoms with Crippen LogP contribution in [0.2, 0.25) is 0 Å². The van der Waals surface area contributed by atoms with Crippen molar-refractivity contribution in [3.05, 3.63) is 17.0 Å². The van der Waals surface area contributed by atoms with Gasteiger partial charge in [0, 0.05) is 24.3 Å². The molecule has 0 spiro atoms. The van der Waals surface area contributed by atoms with Gasteiger partial charge in [-0.25, -0.2) is 0 Å². The Morgan fingerprint density at radius 2 is 1.85 bits per heavy atom. The molecule has 1 amide bonds. The summed E-state index contributed by atoms with van der Waals surface area (Å²) in [7, 11) is 0. The molecule has 0 N–H and O–H groups in total. The van der Waals surface area contributed by atoms with Crippen LogP contribution in [0.15, 0.2) is 0 Å². The summed E-state index contributed by atoms with van der Waals surface area (Å²) >= 11 is 0. The average molecular weight is 363 g/mol. The summed E-state index contributed by atoms with van der Waals surface area (Å²) in [4.78, 5) is 27.1. The summed E-state index contributed by atoms with van der Waals surface area (Å²) in [6.45, 7) is 10.6. The molecular formula is C19H29N3O4. The molecule has 3 rings (SSSR count). The minimum atomic E-state index is -0.536. The number of amides is 1. The predicted octanol–water partition coefficient (Wildman–Crippen LogP) is 1.96. The fourth-order valence-corrected chi connectivity index (χ4v) is 3.80. The Labute approximate surface area is 154 Å². The molecule has 7 nitrogen and oxygen atoms in total. The highest BCUT2D eigenvalue weighted by Gasteiger charge is 2.33. The molecule has 26 heavy (non-hydrogen) atoms. The number of hydrogen-bond acceptors (Lipinski definition) is 5. The lowest BCUT2D eigenvalue weighted by atomic mass is 10.1. The van der Waals surface area contributed by atoms with Crippen molar-refractivity contribution in [2.24, 2.45) is 0 Å². The van der Waals surface area contributed by atoms with Gasteiger partial charge in [0.05, 0.1) is 12.2 Å². The number of hydrogen-bond donors (Lipinski definition) is 0. The van der Waals surface area contributed by atoms with E-state index in [0.29, 0.717) is 18.8 Å². The van der Waals surface area contributed by atoms with Crippen LogP contribution in [-0.2, 0) is 33.7 Å². The molecule has 1 aromatic rings. The van der Waals surface area contributed by atoms with Crippen molar-refractivity contribution in [2.45, 2.75) is 78.2 Å². The lowest BCUT2D eigenvalue weighted by Crippen LogP contribution is -2.48. The zero-order valence-corrected chi connectivity index (χ0v) is 16.4. The molecule has 2 atom stereocenters. The monoisotopic (exact) mass is 363 g/mol. The molecule has 1 aromatic heterocycles. The molecule has 144 valence electrons. The van der Waals surface area contributed by atoms with E-state index in [1.165, 1.54) is 0 Å². The third-order valence-corrected chi connectivity index (χ3v) is 4.62. The Morgan fingerprint density at radius 3 is 2.46 bits per heavy atom. The van der Waals surface area contributed by atoms with Crippen molar-refractivity contribution >= 4 is 11.9 Å². The molecule has 1 aliphatic heterocycles. The number of carbonyl (C=O) groups excluding carboxylic acids is 2. The standard InChI is InChI=1S/C19H29N3O4/c1-12-9-21(10-13(2)25-12)18(24)17-14-7-6-8-15(14)22(20-17)11-16(23)26-19(3,4)5/h12-13H,6-11H2,1-5H3/t12-,13+. The first kappa shape index (κ1) is 18.9. The van der Waals surface area contributed by atoms with Gasteiger partial charge in [-0.05, 0) is 53.9 Å². The Hall–Kier alpha value is -1.89. The first-order valence-corrected chi connectivity index (χ1v) is 9.39. The van der Waals surface area contributed by atoms with Gasteiger partial charge in [0.2, 0.25) is 0 Å². The van der Waals surface area contributed by atoms with Crippen LogP contribution in [0, 0.1) is 0 Å². The van der Waals surface area contributed by atoms with E-state index in [1.807, 2.05) is 39.5 Å². The minimum Gasteiger partial charge on any atom is -0.459 e. The maximum atomic E-state index is 13.1. The summed E-state index contributed by atoms with van der Waals surface area (Å²) < 4.78 is 12.8. The zero-order chi connectivity index (χ0) is 19.1. The van der Waals surface area contributed by atoms with Crippen molar-refractivity contribution in [2.75, 3.05) is 13.1 Å². The number of carbonyl (C=O) groups is 2. The van der Waals surface area contributed by atoms with Gasteiger partial charge in [0.15, 0.2) is 5.69 Å². The number of nitrogens with zero attached hydrogens (tertiary/aromatic N) is 3. The summed E-state index contributed by atoms with van der Waals surface area (Å²) in [6.07, 6.45) is 2.69. The molecule has 7 heteroatoms. The van der Waals surface area contributed by atoms with E-state index in [4.69, 9.17) is 9.47 Å². The first-order chi connectivity index (χ1) is 12.1. The third-order valence-electron chi connectivity index (χ3n) is 4.62. The van der Waals surface area contributed by atoms with E-state index in [0.717, 1.165) is 30.5 Å². The Morgan fingerprint density at radius 1 is 1.19 bits per heavy atom. The second-order valence-electron chi connectivity index (χ2n) is 8.34. The second kappa shape index (κ2) is 7.02. The maximum absolute atomic E-state index is 13.1. The quantitative estimate of drug-likeness (QED) is 0.768. The highest BCUT2D eigenvalue weighted by molar-refractivity contribution is 5.94. The summed E-state index contributed by atoms with van der Waals surface area (Å²) in [6, 6.07) is 0. The van der Waals surface area contributed by atoms with Gasteiger partial charge >= 0.3 is 5.97 Å². The van der Waals surface area contributed by atoms with E-state index >= 15 is 0 Å². The molecule has 0 saturated carbocycles. The highest BCUT2D eigenvalue weighted by Crippen LogP contribution is 2.27. The maximum Gasteiger partial charge on any atom is 0.328 e. The van der Waals surface area contributed by atoms with E-state index in [-0.39, 0.29) is 30.6 Å². The Kier molecular flexibility index (Phi) is 5.10. The van der Waals surface area contributed by atoms with Gasteiger partial charge in [-0.2, -0.15) is 5.10 Å². The number of morpholine rings is 1. The molecule has 1 fully saturated rings. The van der Waals surface area contributed by atoms with Crippen LogP contribution in [0.3, 0.4) is 0 Å². The molecular weight excluding hydrogens is 334 g/mol. The fourth-order valence-electron chi connectivity index (χ4n) is 3.80. The topological polar surface area (TPSA) is 73.7 Å². The SMILES string of the molecule is C[C@@H]1CN(C(=O)c2nn(CC(=O)OC(C)(C)C)c3c2CCC3)C[C@H](C)O1. The summed E-state index contributed by atoms with van der Waals surface area (Å²) in [5, 5.41) is 4.51. The molecule has 2 aliphatic rings. The lowest BCUT2D eigenvalue weighted by Gasteiger charge is -2.35. The van der Waals surface area contributed by atoms with Crippen LogP contribution in [0.1, 0.15) is 62.8 Å². The van der Waals surface area contributed by atoms with Crippen LogP contribution < -0.4 is 0 Å². The van der Waals surface area contributed by atoms with E-state index in [1.54, 1.807) is 4.68 Å². The summed E-state index contributed by atoms with van der Waals surface area (Å²) in [5.74, 6) is -0.393. The normalized spacial score (nSPS) is 23.0. The van der Waals surface area contributed by atoms with Gasteiger partial charge in [-0.1, -0.05) is 0 Å². The van der Waals surface area contributed by atoms with Crippen molar-refractivity contribution in [3.8, 4) is 0 Å². The molecule has 0 unspecified atom stereocenters. The third kappa shape index (κ3) is 4.09. The van der Waals surface area contributed by atoms with E-state index in [9.17, 15) is 9.59 Å². The van der Waals surface area contributed by atoms with Crippen molar-refractivity contribution in [3.63, 3.8) is 0 Å². The Bertz CT molecular complexity index is 694. The van der Waals surface area contributed by atoms with Crippen LogP contribution in [0.5, 0.6) is 0 Å². The van der Waals surface area contributed by atoms with Crippen LogP contribution in [0.25, 0.3) is 0 Å². The average Bonchev–Trinajstić information content (AvgIpc) is 3.07. The smallest absolute Gasteiger partial charge is 0.328 e. The molecule has 2 heterocycles. The van der Waals surface area contributed by atoms with Crippen LogP contribution >= 0.6 is 0 Å². The van der Waals surface area contributed by atoms with Gasteiger partial charge in [0.25, 0.3) is 5.91 Å². The molecule has 0 bridgehead atoms. The van der Waals surface area contributed by atoms with Crippen LogP contribution in [0.4, 0.5) is 0 Å². The number of aromatic nitrogens is 2. The Balaban J connectivity index is 1.81. The van der Waals surface area contributed by atoms with Crippen LogP contribution in [-0.4, -0.2) is 57.5 Å². The van der Waals surface area contributed by atoms with E-state index < -0.39 is 5.60 Å². The van der Waals surface area contributed by atoms with Gasteiger partial charge in [-0.15, -0.1) is 0 Å². The minimum absolute atomic E-state index is 0.0135. The van der Waals surface area contributed by atoms with Crippen molar-refractivity contribution in [1.29, 1.82) is 0 Å². The molecule has 1 saturated heterocycles. The van der Waals surface area contributed by atoms with Crippen molar-refractivity contribution in [1.82, 2.24) is 14.7 Å². The number of rotatable bonds is 3. The van der Waals surface area contributed by atoms with E-state index in [2.05, 4.69) is 5.10 Å². The zero-order valence-electron chi connectivity index (χ0n) is 16.4. The van der Waals surface area contributed by atoms with Gasteiger partial charge < -0.3 is 14.4 Å².